The molecule has 0 aromatic heterocycles. The zero-order valence-corrected chi connectivity index (χ0v) is 16.1. The van der Waals surface area contributed by atoms with Crippen molar-refractivity contribution in [3.05, 3.63) is 29.8 Å². The summed E-state index contributed by atoms with van der Waals surface area (Å²) in [7, 11) is 3.97. The quantitative estimate of drug-likeness (QED) is 0.697. The highest BCUT2D eigenvalue weighted by molar-refractivity contribution is 5.95. The molecule has 1 fully saturated rings. The molecule has 1 saturated heterocycles. The van der Waals surface area contributed by atoms with E-state index in [0.29, 0.717) is 0 Å². The summed E-state index contributed by atoms with van der Waals surface area (Å²) in [6.07, 6.45) is 3.44. The average Bonchev–Trinajstić information content (AvgIpc) is 2.65. The zero-order valence-electron chi connectivity index (χ0n) is 16.1. The number of nitrogens with zero attached hydrogens (tertiary/aromatic N) is 3. The highest BCUT2D eigenvalue weighted by Crippen LogP contribution is 2.13. The Morgan fingerprint density at radius 3 is 2.48 bits per heavy atom. The Labute approximate surface area is 153 Å². The van der Waals surface area contributed by atoms with Crippen molar-refractivity contribution in [3.63, 3.8) is 0 Å². The predicted molar refractivity (Wildman–Crippen MR) is 106 cm³/mol. The van der Waals surface area contributed by atoms with E-state index in [1.807, 2.05) is 43.3 Å². The van der Waals surface area contributed by atoms with Gasteiger partial charge in [0.1, 0.15) is 0 Å². The van der Waals surface area contributed by atoms with Crippen LogP contribution in [-0.2, 0) is 0 Å². The monoisotopic (exact) mass is 346 g/mol. The van der Waals surface area contributed by atoms with E-state index in [9.17, 15) is 4.79 Å². The SMILES string of the molecule is CCN1CCN(CCCCCNC(=O)c2cccc(N(C)C)c2)CC1. The lowest BCUT2D eigenvalue weighted by Crippen LogP contribution is -2.46. The van der Waals surface area contributed by atoms with Crippen LogP contribution in [0.15, 0.2) is 24.3 Å². The van der Waals surface area contributed by atoms with Crippen molar-refractivity contribution in [2.24, 2.45) is 0 Å². The summed E-state index contributed by atoms with van der Waals surface area (Å²) in [6.45, 7) is 10.2. The summed E-state index contributed by atoms with van der Waals surface area (Å²) in [4.78, 5) is 19.3. The van der Waals surface area contributed by atoms with Crippen LogP contribution in [0.4, 0.5) is 5.69 Å². The van der Waals surface area contributed by atoms with Crippen LogP contribution in [0, 0.1) is 0 Å². The van der Waals surface area contributed by atoms with E-state index in [1.54, 1.807) is 0 Å². The van der Waals surface area contributed by atoms with E-state index in [-0.39, 0.29) is 5.91 Å². The van der Waals surface area contributed by atoms with Gasteiger partial charge in [0.05, 0.1) is 0 Å². The minimum Gasteiger partial charge on any atom is -0.378 e. The first kappa shape index (κ1) is 19.7. The van der Waals surface area contributed by atoms with E-state index in [2.05, 4.69) is 22.0 Å². The molecule has 1 N–H and O–H groups in total. The van der Waals surface area contributed by atoms with E-state index in [1.165, 1.54) is 52.1 Å². The number of likely N-dealkylation sites (N-methyl/N-ethyl adjacent to an activating group) is 1. The fourth-order valence-corrected chi connectivity index (χ4v) is 3.20. The Balaban J connectivity index is 1.57. The van der Waals surface area contributed by atoms with Crippen molar-refractivity contribution in [1.29, 1.82) is 0 Å². The average molecular weight is 347 g/mol. The van der Waals surface area contributed by atoms with Gasteiger partial charge < -0.3 is 20.0 Å². The Kier molecular flexibility index (Phi) is 8.22. The minimum absolute atomic E-state index is 0.0272. The third kappa shape index (κ3) is 6.67. The predicted octanol–water partition coefficient (Wildman–Crippen LogP) is 2.29. The highest BCUT2D eigenvalue weighted by Gasteiger charge is 2.14. The summed E-state index contributed by atoms with van der Waals surface area (Å²) in [5, 5.41) is 3.04. The van der Waals surface area contributed by atoms with Gasteiger partial charge in [-0.2, -0.15) is 0 Å². The lowest BCUT2D eigenvalue weighted by Gasteiger charge is -2.33. The van der Waals surface area contributed by atoms with Gasteiger partial charge in [0.25, 0.3) is 5.91 Å². The van der Waals surface area contributed by atoms with Gasteiger partial charge in [0, 0.05) is 58.1 Å². The number of carbonyl (C=O) groups excluding carboxylic acids is 1. The summed E-state index contributed by atoms with van der Waals surface area (Å²) in [5.74, 6) is 0.0272. The van der Waals surface area contributed by atoms with Gasteiger partial charge >= 0.3 is 0 Å². The molecule has 1 aromatic rings. The maximum absolute atomic E-state index is 12.2. The van der Waals surface area contributed by atoms with Gasteiger partial charge in [-0.05, 0) is 44.1 Å². The fraction of sp³-hybridized carbons (Fsp3) is 0.650. The zero-order chi connectivity index (χ0) is 18.1. The van der Waals surface area contributed by atoms with Gasteiger partial charge in [-0.3, -0.25) is 4.79 Å². The minimum atomic E-state index is 0.0272. The van der Waals surface area contributed by atoms with Gasteiger partial charge in [0.2, 0.25) is 0 Å². The molecule has 1 aliphatic rings. The molecule has 1 heterocycles. The van der Waals surface area contributed by atoms with Crippen molar-refractivity contribution in [3.8, 4) is 0 Å². The molecule has 0 saturated carbocycles. The van der Waals surface area contributed by atoms with Crippen LogP contribution in [0.5, 0.6) is 0 Å². The molecule has 0 spiro atoms. The molecule has 0 aliphatic carbocycles. The summed E-state index contributed by atoms with van der Waals surface area (Å²) in [6, 6.07) is 7.75. The van der Waals surface area contributed by atoms with E-state index in [0.717, 1.165) is 24.2 Å². The summed E-state index contributed by atoms with van der Waals surface area (Å²) < 4.78 is 0. The molecule has 25 heavy (non-hydrogen) atoms. The largest absolute Gasteiger partial charge is 0.378 e. The molecule has 0 bridgehead atoms. The van der Waals surface area contributed by atoms with Crippen LogP contribution in [0.1, 0.15) is 36.5 Å². The van der Waals surface area contributed by atoms with Crippen LogP contribution in [0.3, 0.4) is 0 Å². The lowest BCUT2D eigenvalue weighted by atomic mass is 10.1. The van der Waals surface area contributed by atoms with Gasteiger partial charge in [-0.15, -0.1) is 0 Å². The number of rotatable bonds is 9. The lowest BCUT2D eigenvalue weighted by molar-refractivity contribution is 0.0952. The van der Waals surface area contributed by atoms with Crippen LogP contribution in [0.25, 0.3) is 0 Å². The number of benzene rings is 1. The van der Waals surface area contributed by atoms with Gasteiger partial charge in [-0.1, -0.05) is 19.4 Å². The van der Waals surface area contributed by atoms with E-state index in [4.69, 9.17) is 0 Å². The Hall–Kier alpha value is -1.59. The molecule has 5 heteroatoms. The number of unbranched alkanes of at least 4 members (excludes halogenated alkanes) is 2. The molecule has 0 radical (unpaired) electrons. The van der Waals surface area contributed by atoms with Crippen molar-refractivity contribution < 1.29 is 4.79 Å². The topological polar surface area (TPSA) is 38.8 Å². The first-order valence-electron chi connectivity index (χ1n) is 9.60. The van der Waals surface area contributed by atoms with Gasteiger partial charge in [-0.25, -0.2) is 0 Å². The third-order valence-electron chi connectivity index (χ3n) is 4.97. The Bertz CT molecular complexity index is 524. The molecule has 1 aromatic carbocycles. The standard InChI is InChI=1S/C20H34N4O/c1-4-23-13-15-24(16-14-23)12-7-5-6-11-21-20(25)18-9-8-10-19(17-18)22(2)3/h8-10,17H,4-7,11-16H2,1-3H3,(H,21,25). The van der Waals surface area contributed by atoms with Crippen molar-refractivity contribution >= 4 is 11.6 Å². The second-order valence-electron chi connectivity index (χ2n) is 7.04. The molecular formula is C20H34N4O. The summed E-state index contributed by atoms with van der Waals surface area (Å²) in [5.41, 5.74) is 1.79. The molecule has 2 rings (SSSR count). The van der Waals surface area contributed by atoms with Crippen LogP contribution in [0.2, 0.25) is 0 Å². The van der Waals surface area contributed by atoms with Crippen molar-refractivity contribution in [2.45, 2.75) is 26.2 Å². The van der Waals surface area contributed by atoms with Crippen LogP contribution in [-0.4, -0.2) is 75.6 Å². The smallest absolute Gasteiger partial charge is 0.251 e. The second-order valence-corrected chi connectivity index (χ2v) is 7.04. The molecular weight excluding hydrogens is 312 g/mol. The number of anilines is 1. The van der Waals surface area contributed by atoms with Crippen molar-refractivity contribution in [2.75, 3.05) is 64.8 Å². The third-order valence-corrected chi connectivity index (χ3v) is 4.97. The van der Waals surface area contributed by atoms with E-state index >= 15 is 0 Å². The van der Waals surface area contributed by atoms with Crippen LogP contribution >= 0.6 is 0 Å². The first-order valence-corrected chi connectivity index (χ1v) is 9.60. The van der Waals surface area contributed by atoms with Crippen LogP contribution < -0.4 is 10.2 Å². The van der Waals surface area contributed by atoms with Crippen molar-refractivity contribution in [1.82, 2.24) is 15.1 Å². The molecule has 1 aliphatic heterocycles. The molecule has 140 valence electrons. The Morgan fingerprint density at radius 2 is 1.80 bits per heavy atom. The maximum atomic E-state index is 12.2. The van der Waals surface area contributed by atoms with E-state index < -0.39 is 0 Å². The highest BCUT2D eigenvalue weighted by atomic mass is 16.1. The van der Waals surface area contributed by atoms with Gasteiger partial charge in [0.15, 0.2) is 0 Å². The molecule has 0 unspecified atom stereocenters. The summed E-state index contributed by atoms with van der Waals surface area (Å²) >= 11 is 0. The maximum Gasteiger partial charge on any atom is 0.251 e. The fourth-order valence-electron chi connectivity index (χ4n) is 3.20. The number of amides is 1. The first-order chi connectivity index (χ1) is 12.1. The Morgan fingerprint density at radius 1 is 1.08 bits per heavy atom. The number of piperazine rings is 1. The molecule has 0 atom stereocenters. The number of carbonyl (C=O) groups is 1. The molecule has 1 amide bonds. The number of hydrogen-bond donors (Lipinski definition) is 1. The second kappa shape index (κ2) is 10.4. The number of nitrogens with one attached hydrogen (secondary N) is 1. The normalized spacial score (nSPS) is 16.0. The number of hydrogen-bond acceptors (Lipinski definition) is 4. The molecule has 5 nitrogen and oxygen atoms in total.